The molecule has 0 atom stereocenters. The standard InChI is InChI=1S/C13H17FN4O2/c1-19-6-5-15-8-10-9-18(17-16-10)13-7-11(20-2)3-4-12(13)14/h3-4,7,9,15H,5-6,8H2,1-2H3. The van der Waals surface area contributed by atoms with E-state index in [-0.39, 0.29) is 5.82 Å². The maximum Gasteiger partial charge on any atom is 0.149 e. The molecule has 0 saturated heterocycles. The lowest BCUT2D eigenvalue weighted by Crippen LogP contribution is -2.18. The summed E-state index contributed by atoms with van der Waals surface area (Å²) in [6.07, 6.45) is 1.68. The molecule has 2 aromatic rings. The van der Waals surface area contributed by atoms with Crippen LogP contribution in [0.3, 0.4) is 0 Å². The van der Waals surface area contributed by atoms with Crippen LogP contribution in [0.2, 0.25) is 0 Å². The van der Waals surface area contributed by atoms with Crippen LogP contribution in [0.1, 0.15) is 5.69 Å². The number of hydrogen-bond acceptors (Lipinski definition) is 5. The Hall–Kier alpha value is -1.99. The third-order valence-electron chi connectivity index (χ3n) is 2.73. The molecule has 0 aliphatic carbocycles. The lowest BCUT2D eigenvalue weighted by molar-refractivity contribution is 0.199. The van der Waals surface area contributed by atoms with Crippen LogP contribution in [0, 0.1) is 5.82 Å². The van der Waals surface area contributed by atoms with Gasteiger partial charge in [-0.15, -0.1) is 5.10 Å². The van der Waals surface area contributed by atoms with Crippen LogP contribution < -0.4 is 10.1 Å². The molecular formula is C13H17FN4O2. The molecule has 1 heterocycles. The van der Waals surface area contributed by atoms with Gasteiger partial charge in [-0.05, 0) is 12.1 Å². The minimum Gasteiger partial charge on any atom is -0.497 e. The Kier molecular flexibility index (Phi) is 5.03. The molecule has 0 saturated carbocycles. The van der Waals surface area contributed by atoms with Crippen LogP contribution in [0.15, 0.2) is 24.4 Å². The number of nitrogens with zero attached hydrogens (tertiary/aromatic N) is 3. The topological polar surface area (TPSA) is 61.2 Å². The number of hydrogen-bond donors (Lipinski definition) is 1. The van der Waals surface area contributed by atoms with E-state index < -0.39 is 0 Å². The highest BCUT2D eigenvalue weighted by molar-refractivity contribution is 5.40. The Bertz CT molecular complexity index is 559. The van der Waals surface area contributed by atoms with Gasteiger partial charge in [0.1, 0.15) is 17.3 Å². The van der Waals surface area contributed by atoms with Crippen molar-refractivity contribution >= 4 is 0 Å². The summed E-state index contributed by atoms with van der Waals surface area (Å²) in [6.45, 7) is 1.89. The van der Waals surface area contributed by atoms with Crippen molar-refractivity contribution in [2.75, 3.05) is 27.4 Å². The number of methoxy groups -OCH3 is 2. The average molecular weight is 280 g/mol. The van der Waals surface area contributed by atoms with Crippen LogP contribution in [-0.4, -0.2) is 42.4 Å². The normalized spacial score (nSPS) is 10.8. The molecule has 1 N–H and O–H groups in total. The third kappa shape index (κ3) is 3.52. The predicted octanol–water partition coefficient (Wildman–Crippen LogP) is 1.15. The van der Waals surface area contributed by atoms with Crippen molar-refractivity contribution in [1.82, 2.24) is 20.3 Å². The zero-order valence-electron chi connectivity index (χ0n) is 11.5. The van der Waals surface area contributed by atoms with Gasteiger partial charge in [-0.1, -0.05) is 5.21 Å². The lowest BCUT2D eigenvalue weighted by Gasteiger charge is -2.05. The molecule has 1 aromatic heterocycles. The first-order chi connectivity index (χ1) is 9.74. The Morgan fingerprint density at radius 1 is 1.35 bits per heavy atom. The van der Waals surface area contributed by atoms with Gasteiger partial charge in [0.15, 0.2) is 0 Å². The van der Waals surface area contributed by atoms with Gasteiger partial charge in [-0.3, -0.25) is 0 Å². The summed E-state index contributed by atoms with van der Waals surface area (Å²) < 4.78 is 25.2. The Labute approximate surface area is 116 Å². The van der Waals surface area contributed by atoms with E-state index in [0.29, 0.717) is 24.6 Å². The zero-order valence-corrected chi connectivity index (χ0v) is 11.5. The summed E-state index contributed by atoms with van der Waals surface area (Å²) in [5.74, 6) is 0.186. The molecule has 6 nitrogen and oxygen atoms in total. The molecule has 0 fully saturated rings. The first-order valence-electron chi connectivity index (χ1n) is 6.19. The van der Waals surface area contributed by atoms with Crippen LogP contribution in [0.5, 0.6) is 5.75 Å². The van der Waals surface area contributed by atoms with Gasteiger partial charge < -0.3 is 14.8 Å². The number of ether oxygens (including phenoxy) is 2. The number of benzene rings is 1. The fourth-order valence-electron chi connectivity index (χ4n) is 1.68. The number of aromatic nitrogens is 3. The molecule has 108 valence electrons. The highest BCUT2D eigenvalue weighted by Gasteiger charge is 2.09. The highest BCUT2D eigenvalue weighted by Crippen LogP contribution is 2.19. The van der Waals surface area contributed by atoms with Gasteiger partial charge in [-0.25, -0.2) is 9.07 Å². The largest absolute Gasteiger partial charge is 0.497 e. The summed E-state index contributed by atoms with van der Waals surface area (Å²) in [5, 5.41) is 11.1. The van der Waals surface area contributed by atoms with Gasteiger partial charge in [0.2, 0.25) is 0 Å². The van der Waals surface area contributed by atoms with E-state index in [4.69, 9.17) is 9.47 Å². The minimum absolute atomic E-state index is 0.306. The summed E-state index contributed by atoms with van der Waals surface area (Å²) in [4.78, 5) is 0. The van der Waals surface area contributed by atoms with Crippen LogP contribution in [0.25, 0.3) is 5.69 Å². The molecule has 7 heteroatoms. The highest BCUT2D eigenvalue weighted by atomic mass is 19.1. The van der Waals surface area contributed by atoms with Crippen molar-refractivity contribution in [3.63, 3.8) is 0 Å². The van der Waals surface area contributed by atoms with E-state index in [2.05, 4.69) is 15.6 Å². The monoisotopic (exact) mass is 280 g/mol. The molecule has 0 aliphatic rings. The van der Waals surface area contributed by atoms with Gasteiger partial charge in [-0.2, -0.15) is 0 Å². The Morgan fingerprint density at radius 2 is 2.20 bits per heavy atom. The maximum atomic E-state index is 13.8. The number of halogens is 1. The van der Waals surface area contributed by atoms with E-state index >= 15 is 0 Å². The first-order valence-corrected chi connectivity index (χ1v) is 6.19. The summed E-state index contributed by atoms with van der Waals surface area (Å²) in [7, 11) is 3.17. The molecule has 0 bridgehead atoms. The van der Waals surface area contributed by atoms with Crippen molar-refractivity contribution in [3.8, 4) is 11.4 Å². The van der Waals surface area contributed by atoms with Crippen molar-refractivity contribution in [2.24, 2.45) is 0 Å². The van der Waals surface area contributed by atoms with Crippen molar-refractivity contribution in [2.45, 2.75) is 6.54 Å². The molecule has 0 spiro atoms. The second-order valence-electron chi connectivity index (χ2n) is 4.14. The van der Waals surface area contributed by atoms with E-state index in [1.165, 1.54) is 17.9 Å². The van der Waals surface area contributed by atoms with Crippen molar-refractivity contribution in [3.05, 3.63) is 35.9 Å². The first kappa shape index (κ1) is 14.4. The summed E-state index contributed by atoms with van der Waals surface area (Å²) >= 11 is 0. The quantitative estimate of drug-likeness (QED) is 0.771. The van der Waals surface area contributed by atoms with Gasteiger partial charge in [0, 0.05) is 26.3 Å². The van der Waals surface area contributed by atoms with E-state index in [9.17, 15) is 4.39 Å². The van der Waals surface area contributed by atoms with Gasteiger partial charge >= 0.3 is 0 Å². The maximum absolute atomic E-state index is 13.8. The van der Waals surface area contributed by atoms with E-state index in [0.717, 1.165) is 12.2 Å². The van der Waals surface area contributed by atoms with E-state index in [1.54, 1.807) is 25.4 Å². The Balaban J connectivity index is 2.08. The molecular weight excluding hydrogens is 263 g/mol. The molecule has 0 radical (unpaired) electrons. The van der Waals surface area contributed by atoms with Crippen LogP contribution in [-0.2, 0) is 11.3 Å². The minimum atomic E-state index is -0.380. The molecule has 1 aromatic carbocycles. The van der Waals surface area contributed by atoms with Crippen LogP contribution >= 0.6 is 0 Å². The second kappa shape index (κ2) is 6.97. The summed E-state index contributed by atoms with van der Waals surface area (Å²) in [6, 6.07) is 4.47. The lowest BCUT2D eigenvalue weighted by atomic mass is 10.3. The zero-order chi connectivity index (χ0) is 14.4. The van der Waals surface area contributed by atoms with Gasteiger partial charge in [0.05, 0.1) is 25.6 Å². The molecule has 0 aliphatic heterocycles. The third-order valence-corrected chi connectivity index (χ3v) is 2.73. The van der Waals surface area contributed by atoms with Gasteiger partial charge in [0.25, 0.3) is 0 Å². The Morgan fingerprint density at radius 3 is 2.95 bits per heavy atom. The smallest absolute Gasteiger partial charge is 0.149 e. The fraction of sp³-hybridized carbons (Fsp3) is 0.385. The van der Waals surface area contributed by atoms with Crippen molar-refractivity contribution < 1.29 is 13.9 Å². The molecule has 0 amide bonds. The molecule has 20 heavy (non-hydrogen) atoms. The van der Waals surface area contributed by atoms with Crippen molar-refractivity contribution in [1.29, 1.82) is 0 Å². The average Bonchev–Trinajstić information content (AvgIpc) is 2.93. The summed E-state index contributed by atoms with van der Waals surface area (Å²) in [5.41, 5.74) is 1.03. The number of rotatable bonds is 7. The number of nitrogens with one attached hydrogen (secondary N) is 1. The molecule has 2 rings (SSSR count). The SMILES string of the molecule is COCCNCc1cn(-c2cc(OC)ccc2F)nn1. The van der Waals surface area contributed by atoms with E-state index in [1.807, 2.05) is 0 Å². The molecule has 0 unspecified atom stereocenters. The predicted molar refractivity (Wildman–Crippen MR) is 71.5 cm³/mol. The second-order valence-corrected chi connectivity index (χ2v) is 4.14. The van der Waals surface area contributed by atoms with Crippen LogP contribution in [0.4, 0.5) is 4.39 Å². The fourth-order valence-corrected chi connectivity index (χ4v) is 1.68.